The summed E-state index contributed by atoms with van der Waals surface area (Å²) < 4.78 is 11.4. The first kappa shape index (κ1) is 27.2. The van der Waals surface area contributed by atoms with Crippen LogP contribution in [0.3, 0.4) is 0 Å². The van der Waals surface area contributed by atoms with Crippen molar-refractivity contribution in [1.82, 2.24) is 15.1 Å². The lowest BCUT2D eigenvalue weighted by atomic mass is 10.1. The van der Waals surface area contributed by atoms with Gasteiger partial charge in [0, 0.05) is 37.9 Å². The van der Waals surface area contributed by atoms with E-state index >= 15 is 0 Å². The molecule has 1 aliphatic heterocycles. The zero-order valence-electron chi connectivity index (χ0n) is 21.6. The molecule has 198 valence electrons. The van der Waals surface area contributed by atoms with Crippen molar-refractivity contribution >= 4 is 17.3 Å². The zero-order chi connectivity index (χ0) is 25.9. The molecule has 4 rings (SSSR count). The van der Waals surface area contributed by atoms with Gasteiger partial charge >= 0.3 is 5.97 Å². The lowest BCUT2D eigenvalue weighted by Gasteiger charge is -2.32. The molecule has 1 aromatic heterocycles. The number of carbonyl (C=O) groups is 1. The largest absolute Gasteiger partial charge is 0.490 e. The molecule has 3 aromatic rings. The summed E-state index contributed by atoms with van der Waals surface area (Å²) >= 11 is 1.49. The molecule has 0 bridgehead atoms. The molecule has 2 aromatic carbocycles. The molecule has 1 N–H and O–H groups in total. The SMILES string of the molecule is COCCCCCCCCN1CCC(Oc2ccc(-c3nnc(-c4ccc(C(=O)O)cc4)s3)cc2)CC1. The van der Waals surface area contributed by atoms with Gasteiger partial charge in [0.2, 0.25) is 0 Å². The maximum Gasteiger partial charge on any atom is 0.335 e. The fraction of sp³-hybridized carbons (Fsp3) is 0.483. The van der Waals surface area contributed by atoms with Crippen LogP contribution < -0.4 is 4.74 Å². The highest BCUT2D eigenvalue weighted by molar-refractivity contribution is 7.17. The van der Waals surface area contributed by atoms with Crippen molar-refractivity contribution < 1.29 is 19.4 Å². The first-order valence-electron chi connectivity index (χ1n) is 13.3. The number of piperidine rings is 1. The van der Waals surface area contributed by atoms with E-state index in [0.29, 0.717) is 0 Å². The molecule has 0 unspecified atom stereocenters. The van der Waals surface area contributed by atoms with Crippen LogP contribution in [0, 0.1) is 0 Å². The summed E-state index contributed by atoms with van der Waals surface area (Å²) in [6, 6.07) is 14.8. The lowest BCUT2D eigenvalue weighted by molar-refractivity contribution is 0.0697. The van der Waals surface area contributed by atoms with Crippen LogP contribution in [0.4, 0.5) is 0 Å². The van der Waals surface area contributed by atoms with Crippen molar-refractivity contribution in [2.45, 2.75) is 57.5 Å². The van der Waals surface area contributed by atoms with E-state index in [4.69, 9.17) is 14.6 Å². The molecule has 1 fully saturated rings. The van der Waals surface area contributed by atoms with E-state index in [2.05, 4.69) is 15.1 Å². The number of aromatic carboxylic acids is 1. The Kier molecular flexibility index (Phi) is 10.5. The second-order valence-corrected chi connectivity index (χ2v) is 10.6. The van der Waals surface area contributed by atoms with Gasteiger partial charge in [0.15, 0.2) is 0 Å². The molecule has 0 amide bonds. The summed E-state index contributed by atoms with van der Waals surface area (Å²) in [5.41, 5.74) is 2.11. The van der Waals surface area contributed by atoms with E-state index in [1.54, 1.807) is 31.4 Å². The van der Waals surface area contributed by atoms with Crippen molar-refractivity contribution in [3.63, 3.8) is 0 Å². The van der Waals surface area contributed by atoms with Crippen LogP contribution in [-0.2, 0) is 4.74 Å². The van der Waals surface area contributed by atoms with Crippen molar-refractivity contribution in [1.29, 1.82) is 0 Å². The van der Waals surface area contributed by atoms with Crippen molar-refractivity contribution in [2.24, 2.45) is 0 Å². The van der Waals surface area contributed by atoms with Crippen LogP contribution in [0.1, 0.15) is 61.7 Å². The number of carboxylic acid groups (broad SMARTS) is 1. The summed E-state index contributed by atoms with van der Waals surface area (Å²) in [5, 5.41) is 19.3. The van der Waals surface area contributed by atoms with Crippen molar-refractivity contribution in [2.75, 3.05) is 33.4 Å². The average Bonchev–Trinajstić information content (AvgIpc) is 3.42. The van der Waals surface area contributed by atoms with Gasteiger partial charge in [-0.25, -0.2) is 4.79 Å². The highest BCUT2D eigenvalue weighted by atomic mass is 32.1. The molecule has 0 atom stereocenters. The van der Waals surface area contributed by atoms with E-state index < -0.39 is 5.97 Å². The third-order valence-corrected chi connectivity index (χ3v) is 7.84. The van der Waals surface area contributed by atoms with Crippen LogP contribution >= 0.6 is 11.3 Å². The average molecular weight is 524 g/mol. The first-order valence-corrected chi connectivity index (χ1v) is 14.1. The fourth-order valence-corrected chi connectivity index (χ4v) is 5.47. The van der Waals surface area contributed by atoms with Crippen LogP contribution in [-0.4, -0.2) is 65.6 Å². The molecule has 8 heteroatoms. The maximum atomic E-state index is 11.1. The standard InChI is InChI=1S/C29H37N3O4S/c1-35-21-7-5-3-2-4-6-18-32-19-16-26(17-20-32)36-25-14-12-23(13-15-25)28-31-30-27(37-28)22-8-10-24(11-9-22)29(33)34/h8-15,26H,2-7,16-21H2,1H3,(H,33,34). The van der Waals surface area contributed by atoms with Gasteiger partial charge in [-0.15, -0.1) is 10.2 Å². The third-order valence-electron chi connectivity index (χ3n) is 6.82. The van der Waals surface area contributed by atoms with Gasteiger partial charge < -0.3 is 19.5 Å². The molecule has 1 saturated heterocycles. The number of unbranched alkanes of at least 4 members (excludes halogenated alkanes) is 5. The van der Waals surface area contributed by atoms with Crippen molar-refractivity contribution in [3.05, 3.63) is 54.1 Å². The number of hydrogen-bond donors (Lipinski definition) is 1. The Bertz CT molecular complexity index is 1090. The van der Waals surface area contributed by atoms with Gasteiger partial charge in [0.25, 0.3) is 0 Å². The molecule has 0 spiro atoms. The number of nitrogens with zero attached hydrogens (tertiary/aromatic N) is 3. The minimum Gasteiger partial charge on any atom is -0.490 e. The molecule has 1 aliphatic rings. The van der Waals surface area contributed by atoms with Gasteiger partial charge in [-0.05, 0) is 68.6 Å². The Morgan fingerprint density at radius 3 is 2.05 bits per heavy atom. The van der Waals surface area contributed by atoms with Gasteiger partial charge in [0.05, 0.1) is 5.56 Å². The predicted octanol–water partition coefficient (Wildman–Crippen LogP) is 6.40. The molecule has 2 heterocycles. The van der Waals surface area contributed by atoms with Gasteiger partial charge in [-0.2, -0.15) is 0 Å². The Hall–Kier alpha value is -2.81. The number of aromatic nitrogens is 2. The number of rotatable bonds is 14. The molecule has 0 radical (unpaired) electrons. The number of carboxylic acids is 1. The van der Waals surface area contributed by atoms with E-state index in [9.17, 15) is 4.79 Å². The van der Waals surface area contributed by atoms with Gasteiger partial charge in [-0.1, -0.05) is 49.2 Å². The lowest BCUT2D eigenvalue weighted by Crippen LogP contribution is -2.38. The Morgan fingerprint density at radius 1 is 0.892 bits per heavy atom. The molecular formula is C29H37N3O4S. The predicted molar refractivity (Wildman–Crippen MR) is 147 cm³/mol. The van der Waals surface area contributed by atoms with E-state index in [1.165, 1.54) is 56.4 Å². The Morgan fingerprint density at radius 2 is 1.46 bits per heavy atom. The van der Waals surface area contributed by atoms with Gasteiger partial charge in [-0.3, -0.25) is 0 Å². The minimum atomic E-state index is -0.937. The van der Waals surface area contributed by atoms with Crippen LogP contribution in [0.5, 0.6) is 5.75 Å². The van der Waals surface area contributed by atoms with E-state index in [1.807, 2.05) is 24.3 Å². The number of likely N-dealkylation sites (tertiary alicyclic amines) is 1. The van der Waals surface area contributed by atoms with Gasteiger partial charge in [0.1, 0.15) is 21.9 Å². The fourth-order valence-electron chi connectivity index (χ4n) is 4.62. The number of ether oxygens (including phenoxy) is 2. The first-order chi connectivity index (χ1) is 18.1. The Labute approximate surface area is 223 Å². The third kappa shape index (κ3) is 8.35. The number of benzene rings is 2. The molecule has 0 aliphatic carbocycles. The monoisotopic (exact) mass is 523 g/mol. The smallest absolute Gasteiger partial charge is 0.335 e. The normalized spacial score (nSPS) is 14.6. The zero-order valence-corrected chi connectivity index (χ0v) is 22.4. The molecular weight excluding hydrogens is 486 g/mol. The van der Waals surface area contributed by atoms with E-state index in [0.717, 1.165) is 59.4 Å². The second-order valence-electron chi connectivity index (χ2n) is 9.59. The second kappa shape index (κ2) is 14.2. The summed E-state index contributed by atoms with van der Waals surface area (Å²) in [6.45, 7) is 4.31. The van der Waals surface area contributed by atoms with E-state index in [-0.39, 0.29) is 11.7 Å². The summed E-state index contributed by atoms with van der Waals surface area (Å²) in [5.74, 6) is -0.0438. The Balaban J connectivity index is 1.18. The summed E-state index contributed by atoms with van der Waals surface area (Å²) in [4.78, 5) is 13.6. The molecule has 37 heavy (non-hydrogen) atoms. The maximum absolute atomic E-state index is 11.1. The molecule has 0 saturated carbocycles. The topological polar surface area (TPSA) is 84.8 Å². The van der Waals surface area contributed by atoms with Crippen LogP contribution in [0.25, 0.3) is 21.1 Å². The summed E-state index contributed by atoms with van der Waals surface area (Å²) in [6.07, 6.45) is 10.1. The number of methoxy groups -OCH3 is 1. The van der Waals surface area contributed by atoms with Crippen molar-refractivity contribution in [3.8, 4) is 26.9 Å². The number of hydrogen-bond acceptors (Lipinski definition) is 7. The quantitative estimate of drug-likeness (QED) is 0.245. The molecule has 7 nitrogen and oxygen atoms in total. The van der Waals surface area contributed by atoms with Crippen LogP contribution in [0.15, 0.2) is 48.5 Å². The highest BCUT2D eigenvalue weighted by Crippen LogP contribution is 2.31. The summed E-state index contributed by atoms with van der Waals surface area (Å²) in [7, 11) is 1.77. The minimum absolute atomic E-state index is 0.259. The highest BCUT2D eigenvalue weighted by Gasteiger charge is 2.20. The van der Waals surface area contributed by atoms with Crippen LogP contribution in [0.2, 0.25) is 0 Å².